The van der Waals surface area contributed by atoms with Crippen LogP contribution in [0.1, 0.15) is 39.2 Å². The monoisotopic (exact) mass is 394 g/mol. The summed E-state index contributed by atoms with van der Waals surface area (Å²) in [6.45, 7) is 9.25. The molecule has 0 radical (unpaired) electrons. The number of hydrogen-bond donors (Lipinski definition) is 2. The number of rotatable bonds is 5. The van der Waals surface area contributed by atoms with E-state index in [9.17, 15) is 13.2 Å². The van der Waals surface area contributed by atoms with Gasteiger partial charge < -0.3 is 5.73 Å². The predicted molar refractivity (Wildman–Crippen MR) is 106 cm³/mol. The summed E-state index contributed by atoms with van der Waals surface area (Å²) in [6, 6.07) is 4.34. The highest BCUT2D eigenvalue weighted by Crippen LogP contribution is 2.30. The zero-order valence-corrected chi connectivity index (χ0v) is 17.2. The lowest BCUT2D eigenvalue weighted by molar-refractivity contribution is 0.0746. The highest BCUT2D eigenvalue weighted by atomic mass is 32.2. The molecule has 0 aromatic heterocycles. The van der Waals surface area contributed by atoms with Crippen molar-refractivity contribution in [1.82, 2.24) is 9.62 Å². The average molecular weight is 395 g/mol. The van der Waals surface area contributed by atoms with Crippen molar-refractivity contribution >= 4 is 21.7 Å². The molecule has 0 aliphatic carbocycles. The van der Waals surface area contributed by atoms with Crippen molar-refractivity contribution in [1.29, 1.82) is 0 Å². The van der Waals surface area contributed by atoms with Gasteiger partial charge in [-0.05, 0) is 69.3 Å². The van der Waals surface area contributed by atoms with Crippen LogP contribution in [0.5, 0.6) is 0 Å². The molecule has 0 bridgehead atoms. The van der Waals surface area contributed by atoms with Gasteiger partial charge in [0.15, 0.2) is 0 Å². The van der Waals surface area contributed by atoms with Gasteiger partial charge in [0.25, 0.3) is 0 Å². The Balaban J connectivity index is 1.71. The van der Waals surface area contributed by atoms with Crippen LogP contribution >= 0.6 is 0 Å². The Kier molecular flexibility index (Phi) is 5.52. The molecule has 1 saturated heterocycles. The van der Waals surface area contributed by atoms with Crippen LogP contribution in [0.2, 0.25) is 0 Å². The maximum atomic E-state index is 12.8. The summed E-state index contributed by atoms with van der Waals surface area (Å²) in [5.74, 6) is 0.638. The lowest BCUT2D eigenvalue weighted by Crippen LogP contribution is -2.54. The number of nitrogens with zero attached hydrogens (tertiary/aromatic N) is 2. The van der Waals surface area contributed by atoms with Crippen LogP contribution < -0.4 is 15.4 Å². The number of fused-ring (bicyclic) bond motifs is 1. The fourth-order valence-electron chi connectivity index (χ4n) is 3.98. The zero-order chi connectivity index (χ0) is 19.8. The van der Waals surface area contributed by atoms with Crippen molar-refractivity contribution in [2.75, 3.05) is 31.1 Å². The number of primary amides is 1. The van der Waals surface area contributed by atoms with E-state index >= 15 is 0 Å². The van der Waals surface area contributed by atoms with Gasteiger partial charge in [-0.2, -0.15) is 0 Å². The third-order valence-electron chi connectivity index (χ3n) is 5.73. The van der Waals surface area contributed by atoms with Gasteiger partial charge in [0.2, 0.25) is 10.0 Å². The highest BCUT2D eigenvalue weighted by molar-refractivity contribution is 7.89. The third kappa shape index (κ3) is 4.28. The average Bonchev–Trinajstić information content (AvgIpc) is 3.04. The molecule has 1 atom stereocenters. The van der Waals surface area contributed by atoms with Gasteiger partial charge >= 0.3 is 6.03 Å². The Morgan fingerprint density at radius 1 is 1.33 bits per heavy atom. The third-order valence-corrected chi connectivity index (χ3v) is 7.13. The summed E-state index contributed by atoms with van der Waals surface area (Å²) in [5, 5.41) is 0. The normalized spacial score (nSPS) is 21.3. The standard InChI is InChI=1S/C19H30N4O3S/c1-14-5-4-9-22(12-14)19(2,3)13-21-27(25,26)16-6-7-17-15(11-16)8-10-23(17)18(20)24/h6-7,11,14,21H,4-5,8-10,12-13H2,1-3H3,(H2,20,24). The number of nitrogens with one attached hydrogen (secondary N) is 1. The van der Waals surface area contributed by atoms with Crippen LogP contribution in [0.25, 0.3) is 0 Å². The number of benzene rings is 1. The minimum atomic E-state index is -3.62. The van der Waals surface area contributed by atoms with Crippen LogP contribution in [0.3, 0.4) is 0 Å². The van der Waals surface area contributed by atoms with Crippen molar-refractivity contribution in [3.05, 3.63) is 23.8 Å². The minimum absolute atomic E-state index is 0.232. The molecule has 0 saturated carbocycles. The summed E-state index contributed by atoms with van der Waals surface area (Å²) in [4.78, 5) is 15.5. The fraction of sp³-hybridized carbons (Fsp3) is 0.632. The first-order valence-corrected chi connectivity index (χ1v) is 11.0. The maximum Gasteiger partial charge on any atom is 0.319 e. The van der Waals surface area contributed by atoms with Gasteiger partial charge in [-0.25, -0.2) is 17.9 Å². The van der Waals surface area contributed by atoms with Gasteiger partial charge in [0.05, 0.1) is 4.90 Å². The fourth-order valence-corrected chi connectivity index (χ4v) is 5.23. The summed E-state index contributed by atoms with van der Waals surface area (Å²) >= 11 is 0. The molecule has 2 aliphatic rings. The molecule has 2 heterocycles. The van der Waals surface area contributed by atoms with E-state index in [0.29, 0.717) is 31.1 Å². The van der Waals surface area contributed by atoms with Gasteiger partial charge in [0, 0.05) is 30.9 Å². The number of carbonyl (C=O) groups is 1. The number of amides is 2. The van der Waals surface area contributed by atoms with Crippen LogP contribution in [0, 0.1) is 5.92 Å². The number of sulfonamides is 1. The largest absolute Gasteiger partial charge is 0.351 e. The molecular formula is C19H30N4O3S. The van der Waals surface area contributed by atoms with Gasteiger partial charge in [-0.1, -0.05) is 6.92 Å². The lowest BCUT2D eigenvalue weighted by atomic mass is 9.94. The van der Waals surface area contributed by atoms with E-state index < -0.39 is 16.1 Å². The molecule has 7 nitrogen and oxygen atoms in total. The molecule has 0 spiro atoms. The Morgan fingerprint density at radius 3 is 2.74 bits per heavy atom. The number of likely N-dealkylation sites (tertiary alicyclic amines) is 1. The first-order valence-electron chi connectivity index (χ1n) is 9.55. The van der Waals surface area contributed by atoms with E-state index in [1.165, 1.54) is 11.3 Å². The van der Waals surface area contributed by atoms with E-state index in [4.69, 9.17) is 5.73 Å². The highest BCUT2D eigenvalue weighted by Gasteiger charge is 2.32. The molecule has 3 rings (SSSR count). The summed E-state index contributed by atoms with van der Waals surface area (Å²) in [6.07, 6.45) is 2.99. The number of hydrogen-bond acceptors (Lipinski definition) is 4. The van der Waals surface area contributed by atoms with Crippen molar-refractivity contribution in [2.24, 2.45) is 11.7 Å². The molecule has 8 heteroatoms. The van der Waals surface area contributed by atoms with Crippen molar-refractivity contribution < 1.29 is 13.2 Å². The van der Waals surface area contributed by atoms with Crippen molar-refractivity contribution in [2.45, 2.75) is 50.5 Å². The molecule has 1 fully saturated rings. The van der Waals surface area contributed by atoms with E-state index in [-0.39, 0.29) is 10.4 Å². The summed E-state index contributed by atoms with van der Waals surface area (Å²) in [5.41, 5.74) is 6.65. The van der Waals surface area contributed by atoms with Gasteiger partial charge in [-0.3, -0.25) is 9.80 Å². The molecule has 2 aliphatic heterocycles. The quantitative estimate of drug-likeness (QED) is 0.797. The van der Waals surface area contributed by atoms with E-state index in [1.54, 1.807) is 18.2 Å². The summed E-state index contributed by atoms with van der Waals surface area (Å²) < 4.78 is 28.4. The first-order chi connectivity index (χ1) is 12.6. The topological polar surface area (TPSA) is 95.7 Å². The maximum absolute atomic E-state index is 12.8. The molecule has 1 unspecified atom stereocenters. The smallest absolute Gasteiger partial charge is 0.319 e. The zero-order valence-electron chi connectivity index (χ0n) is 16.4. The Hall–Kier alpha value is -1.64. The molecule has 150 valence electrons. The van der Waals surface area contributed by atoms with Crippen LogP contribution in [-0.4, -0.2) is 51.1 Å². The lowest BCUT2D eigenvalue weighted by Gasteiger charge is -2.43. The Morgan fingerprint density at radius 2 is 2.07 bits per heavy atom. The molecular weight excluding hydrogens is 364 g/mol. The van der Waals surface area contributed by atoms with E-state index in [1.807, 2.05) is 0 Å². The van der Waals surface area contributed by atoms with Gasteiger partial charge in [-0.15, -0.1) is 0 Å². The van der Waals surface area contributed by atoms with Crippen LogP contribution in [0.15, 0.2) is 23.1 Å². The SMILES string of the molecule is CC1CCCN(C(C)(C)CNS(=O)(=O)c2ccc3c(c2)CCN3C(N)=O)C1. The number of urea groups is 1. The molecule has 1 aromatic rings. The van der Waals surface area contributed by atoms with Gasteiger partial charge in [0.1, 0.15) is 0 Å². The minimum Gasteiger partial charge on any atom is -0.351 e. The number of carbonyl (C=O) groups excluding carboxylic acids is 1. The van der Waals surface area contributed by atoms with Crippen molar-refractivity contribution in [3.63, 3.8) is 0 Å². The molecule has 1 aromatic carbocycles. The molecule has 27 heavy (non-hydrogen) atoms. The first kappa shape index (κ1) is 20.1. The van der Waals surface area contributed by atoms with Crippen LogP contribution in [-0.2, 0) is 16.4 Å². The number of anilines is 1. The second-order valence-electron chi connectivity index (χ2n) is 8.36. The predicted octanol–water partition coefficient (Wildman–Crippen LogP) is 1.92. The summed E-state index contributed by atoms with van der Waals surface area (Å²) in [7, 11) is -3.62. The van der Waals surface area contributed by atoms with E-state index in [0.717, 1.165) is 25.1 Å². The second-order valence-corrected chi connectivity index (χ2v) is 10.1. The Bertz CT molecular complexity index is 822. The molecule has 3 N–H and O–H groups in total. The van der Waals surface area contributed by atoms with E-state index in [2.05, 4.69) is 30.4 Å². The van der Waals surface area contributed by atoms with Crippen molar-refractivity contribution in [3.8, 4) is 0 Å². The molecule has 2 amide bonds. The number of piperidine rings is 1. The number of nitrogens with two attached hydrogens (primary N) is 1. The Labute approximate surface area is 161 Å². The van der Waals surface area contributed by atoms with Crippen LogP contribution in [0.4, 0.5) is 10.5 Å². The second kappa shape index (κ2) is 7.41.